The number of aromatic nitrogens is 1. The molecule has 3 amide bonds. The van der Waals surface area contributed by atoms with E-state index in [2.05, 4.69) is 20.9 Å². The molecule has 9 heteroatoms. The Morgan fingerprint density at radius 3 is 2.21 bits per heavy atom. The van der Waals surface area contributed by atoms with Crippen LogP contribution in [0.2, 0.25) is 0 Å². The second kappa shape index (κ2) is 12.8. The first-order valence-electron chi connectivity index (χ1n) is 12.2. The maximum Gasteiger partial charge on any atom is 0.243 e. The molecule has 196 valence electrons. The summed E-state index contributed by atoms with van der Waals surface area (Å²) in [6.45, 7) is 0.305. The maximum absolute atomic E-state index is 13.4. The van der Waals surface area contributed by atoms with Crippen molar-refractivity contribution in [3.05, 3.63) is 102 Å². The van der Waals surface area contributed by atoms with Crippen LogP contribution in [0.15, 0.2) is 85.1 Å². The van der Waals surface area contributed by atoms with E-state index in [1.165, 1.54) is 12.1 Å². The van der Waals surface area contributed by atoms with Crippen LogP contribution in [0.25, 0.3) is 10.9 Å². The fraction of sp³-hybridized carbons (Fsp3) is 0.207. The van der Waals surface area contributed by atoms with Gasteiger partial charge in [0.1, 0.15) is 23.7 Å². The summed E-state index contributed by atoms with van der Waals surface area (Å²) in [6.07, 6.45) is 2.23. The molecule has 0 aliphatic carbocycles. The van der Waals surface area contributed by atoms with Gasteiger partial charge < -0.3 is 26.0 Å². The Kier molecular flexibility index (Phi) is 9.00. The van der Waals surface area contributed by atoms with Gasteiger partial charge in [-0.1, -0.05) is 60.7 Å². The number of nitrogens with one attached hydrogen (secondary N) is 4. The standard InChI is InChI=1S/C29H29ClN4O4/c30-16-27(36)33-25(14-19-10-12-22(35)13-11-19)29(38)34-26(28(37)32-17-20-6-2-1-3-7-20)15-21-18-31-24-9-5-4-8-23(21)24/h1-13,18,25-26,31,35H,14-17H2,(H,32,37)(H,33,36)(H,34,38)/t25-,26-/m0/s1. The van der Waals surface area contributed by atoms with Crippen LogP contribution in [0.1, 0.15) is 16.7 Å². The van der Waals surface area contributed by atoms with E-state index in [9.17, 15) is 19.5 Å². The second-order valence-corrected chi connectivity index (χ2v) is 9.22. The predicted molar refractivity (Wildman–Crippen MR) is 147 cm³/mol. The van der Waals surface area contributed by atoms with Crippen molar-refractivity contribution in [3.63, 3.8) is 0 Å². The van der Waals surface area contributed by atoms with E-state index >= 15 is 0 Å². The van der Waals surface area contributed by atoms with Gasteiger partial charge in [0, 0.05) is 36.5 Å². The number of halogens is 1. The zero-order chi connectivity index (χ0) is 26.9. The number of phenolic OH excluding ortho intramolecular Hbond substituents is 1. The minimum atomic E-state index is -0.974. The molecule has 8 nitrogen and oxygen atoms in total. The highest BCUT2D eigenvalue weighted by Crippen LogP contribution is 2.19. The second-order valence-electron chi connectivity index (χ2n) is 8.95. The largest absolute Gasteiger partial charge is 0.508 e. The monoisotopic (exact) mass is 532 g/mol. The van der Waals surface area contributed by atoms with Crippen LogP contribution in [-0.2, 0) is 33.8 Å². The Labute approximate surface area is 225 Å². The molecule has 0 saturated carbocycles. The molecule has 5 N–H and O–H groups in total. The number of H-pyrrole nitrogens is 1. The molecular weight excluding hydrogens is 504 g/mol. The fourth-order valence-electron chi connectivity index (χ4n) is 4.22. The van der Waals surface area contributed by atoms with E-state index in [0.29, 0.717) is 6.54 Å². The summed E-state index contributed by atoms with van der Waals surface area (Å²) in [5.41, 5.74) is 3.45. The number of aromatic hydroxyl groups is 1. The molecule has 0 aliphatic rings. The number of alkyl halides is 1. The number of carbonyl (C=O) groups is 3. The highest BCUT2D eigenvalue weighted by molar-refractivity contribution is 6.27. The molecule has 38 heavy (non-hydrogen) atoms. The molecule has 0 fully saturated rings. The molecule has 3 aromatic carbocycles. The SMILES string of the molecule is O=C(CCl)N[C@@H](Cc1ccc(O)cc1)C(=O)N[C@@H](Cc1c[nH]c2ccccc12)C(=O)NCc1ccccc1. The van der Waals surface area contributed by atoms with E-state index in [0.717, 1.165) is 27.6 Å². The van der Waals surface area contributed by atoms with Crippen molar-refractivity contribution in [3.8, 4) is 5.75 Å². The van der Waals surface area contributed by atoms with Crippen LogP contribution in [0.5, 0.6) is 5.75 Å². The number of hydrogen-bond donors (Lipinski definition) is 5. The molecule has 2 atom stereocenters. The highest BCUT2D eigenvalue weighted by atomic mass is 35.5. The molecule has 0 radical (unpaired) electrons. The van der Waals surface area contributed by atoms with Crippen LogP contribution >= 0.6 is 11.6 Å². The van der Waals surface area contributed by atoms with Crippen molar-refractivity contribution < 1.29 is 19.5 Å². The van der Waals surface area contributed by atoms with Gasteiger partial charge in [-0.2, -0.15) is 0 Å². The summed E-state index contributed by atoms with van der Waals surface area (Å²) in [5.74, 6) is -1.59. The number of benzene rings is 3. The zero-order valence-corrected chi connectivity index (χ0v) is 21.4. The number of hydrogen-bond acceptors (Lipinski definition) is 4. The van der Waals surface area contributed by atoms with Crippen molar-refractivity contribution in [2.24, 2.45) is 0 Å². The molecule has 0 spiro atoms. The average Bonchev–Trinajstić information content (AvgIpc) is 3.35. The van der Waals surface area contributed by atoms with Crippen LogP contribution in [0.4, 0.5) is 0 Å². The van der Waals surface area contributed by atoms with Crippen molar-refractivity contribution in [2.75, 3.05) is 5.88 Å². The Hall–Kier alpha value is -4.30. The van der Waals surface area contributed by atoms with Gasteiger partial charge in [0.2, 0.25) is 17.7 Å². The van der Waals surface area contributed by atoms with Crippen LogP contribution < -0.4 is 16.0 Å². The molecule has 4 aromatic rings. The van der Waals surface area contributed by atoms with E-state index in [1.54, 1.807) is 12.1 Å². The van der Waals surface area contributed by atoms with Crippen LogP contribution in [0, 0.1) is 0 Å². The van der Waals surface area contributed by atoms with Gasteiger partial charge in [-0.25, -0.2) is 0 Å². The fourth-order valence-corrected chi connectivity index (χ4v) is 4.30. The van der Waals surface area contributed by atoms with Crippen molar-refractivity contribution in [1.82, 2.24) is 20.9 Å². The van der Waals surface area contributed by atoms with Gasteiger partial charge in [0.25, 0.3) is 0 Å². The number of rotatable bonds is 11. The lowest BCUT2D eigenvalue weighted by Gasteiger charge is -2.23. The first kappa shape index (κ1) is 26.8. The van der Waals surface area contributed by atoms with Gasteiger partial charge in [-0.3, -0.25) is 14.4 Å². The van der Waals surface area contributed by atoms with Crippen molar-refractivity contribution >= 4 is 40.2 Å². The van der Waals surface area contributed by atoms with Crippen molar-refractivity contribution in [2.45, 2.75) is 31.5 Å². The lowest BCUT2D eigenvalue weighted by atomic mass is 10.0. The molecule has 1 aromatic heterocycles. The van der Waals surface area contributed by atoms with Gasteiger partial charge in [-0.05, 0) is 34.9 Å². The summed E-state index contributed by atoms with van der Waals surface area (Å²) in [7, 11) is 0. The van der Waals surface area contributed by atoms with Crippen molar-refractivity contribution in [1.29, 1.82) is 0 Å². The summed E-state index contributed by atoms with van der Waals surface area (Å²) >= 11 is 5.69. The molecular formula is C29H29ClN4O4. The first-order valence-corrected chi connectivity index (χ1v) is 12.8. The van der Waals surface area contributed by atoms with E-state index in [-0.39, 0.29) is 30.4 Å². The van der Waals surface area contributed by atoms with Crippen LogP contribution in [0.3, 0.4) is 0 Å². The summed E-state index contributed by atoms with van der Waals surface area (Å²) in [6, 6.07) is 21.7. The minimum Gasteiger partial charge on any atom is -0.508 e. The predicted octanol–water partition coefficient (Wildman–Crippen LogP) is 3.18. The molecule has 0 bridgehead atoms. The highest BCUT2D eigenvalue weighted by Gasteiger charge is 2.28. The lowest BCUT2D eigenvalue weighted by molar-refractivity contribution is -0.131. The smallest absolute Gasteiger partial charge is 0.243 e. The van der Waals surface area contributed by atoms with Gasteiger partial charge in [-0.15, -0.1) is 11.6 Å². The van der Waals surface area contributed by atoms with E-state index in [4.69, 9.17) is 11.6 Å². The summed E-state index contributed by atoms with van der Waals surface area (Å²) < 4.78 is 0. The molecule has 4 rings (SSSR count). The number of amides is 3. The third-order valence-corrected chi connectivity index (χ3v) is 6.43. The topological polar surface area (TPSA) is 123 Å². The summed E-state index contributed by atoms with van der Waals surface area (Å²) in [4.78, 5) is 42.1. The third-order valence-electron chi connectivity index (χ3n) is 6.19. The molecule has 0 saturated heterocycles. The number of carbonyl (C=O) groups excluding carboxylic acids is 3. The Bertz CT molecular complexity index is 1390. The number of phenols is 1. The average molecular weight is 533 g/mol. The zero-order valence-electron chi connectivity index (χ0n) is 20.6. The Morgan fingerprint density at radius 1 is 0.789 bits per heavy atom. The third kappa shape index (κ3) is 7.14. The Balaban J connectivity index is 1.55. The van der Waals surface area contributed by atoms with E-state index in [1.807, 2.05) is 60.8 Å². The maximum atomic E-state index is 13.4. The number of fused-ring (bicyclic) bond motifs is 1. The number of aromatic amines is 1. The first-order chi connectivity index (χ1) is 18.4. The molecule has 0 unspecified atom stereocenters. The molecule has 0 aliphatic heterocycles. The van der Waals surface area contributed by atoms with Gasteiger partial charge in [0.15, 0.2) is 0 Å². The molecule has 1 heterocycles. The lowest BCUT2D eigenvalue weighted by Crippen LogP contribution is -2.55. The quantitative estimate of drug-likeness (QED) is 0.190. The summed E-state index contributed by atoms with van der Waals surface area (Å²) in [5, 5.41) is 18.9. The van der Waals surface area contributed by atoms with E-state index < -0.39 is 23.9 Å². The van der Waals surface area contributed by atoms with Gasteiger partial charge >= 0.3 is 0 Å². The Morgan fingerprint density at radius 2 is 1.47 bits per heavy atom. The number of para-hydroxylation sites is 1. The van der Waals surface area contributed by atoms with Crippen LogP contribution in [-0.4, -0.2) is 45.8 Å². The normalized spacial score (nSPS) is 12.4. The minimum absolute atomic E-state index is 0.0911. The van der Waals surface area contributed by atoms with Gasteiger partial charge in [0.05, 0.1) is 0 Å².